The Hall–Kier alpha value is -5.85. The van der Waals surface area contributed by atoms with Crippen molar-refractivity contribution < 1.29 is 39.0 Å². The number of hydrogen-bond acceptors (Lipinski definition) is 4. The average molecular weight is 1020 g/mol. The van der Waals surface area contributed by atoms with E-state index in [0.29, 0.717) is 17.1 Å². The summed E-state index contributed by atoms with van der Waals surface area (Å²) in [5.41, 5.74) is 9.64. The molecule has 9 heteroatoms. The molecule has 0 fully saturated rings. The standard InChI is InChI=1S/C54H48F3N4O.Pt/c1-9-34-22-38(29-40(23-34)62-39-18-19-42-41-14-10-11-15-47(41)61(50(42)30-39)51-26-36(20-21-58-51)54(6,7)8)59-31-60(49-17-13-12-16-48(49)59)53-43(32(2)3)24-35(25-44(53)33(4)5)52-45(56)27-37(55)28-46(52)57;/h10-28,31-33H,9H2,1-8H3;/q-3;. The molecule has 5 nitrogen and oxygen atoms in total. The Labute approximate surface area is 382 Å². The minimum atomic E-state index is -0.951. The number of aryl methyl sites for hydroxylation is 1. The molecule has 9 rings (SSSR count). The van der Waals surface area contributed by atoms with Crippen molar-refractivity contribution in [2.75, 3.05) is 9.80 Å². The Bertz CT molecular complexity index is 2970. The molecule has 2 aromatic heterocycles. The second-order valence-corrected chi connectivity index (χ2v) is 17.7. The van der Waals surface area contributed by atoms with Gasteiger partial charge < -0.3 is 19.1 Å². The van der Waals surface area contributed by atoms with E-state index in [1.807, 2.05) is 48.7 Å². The molecule has 0 bridgehead atoms. The van der Waals surface area contributed by atoms with Crippen molar-refractivity contribution in [3.8, 4) is 28.4 Å². The number of halogens is 3. The van der Waals surface area contributed by atoms with E-state index in [4.69, 9.17) is 9.72 Å². The summed E-state index contributed by atoms with van der Waals surface area (Å²) in [5.74, 6) is -0.951. The van der Waals surface area contributed by atoms with E-state index in [2.05, 4.69) is 143 Å². The molecule has 8 aromatic rings. The summed E-state index contributed by atoms with van der Waals surface area (Å²) in [6, 6.07) is 41.2. The molecule has 1 aliphatic rings. The number of pyridine rings is 1. The van der Waals surface area contributed by atoms with Crippen LogP contribution in [-0.4, -0.2) is 9.55 Å². The van der Waals surface area contributed by atoms with Gasteiger partial charge in [0, 0.05) is 73.5 Å². The molecule has 0 radical (unpaired) electrons. The molecule has 0 saturated heterocycles. The normalized spacial score (nSPS) is 12.8. The summed E-state index contributed by atoms with van der Waals surface area (Å²) in [6.45, 7) is 19.1. The number of ether oxygens (including phenoxy) is 1. The van der Waals surface area contributed by atoms with Crippen molar-refractivity contribution in [3.63, 3.8) is 0 Å². The molecular formula is C54H48F3N4OPt-3. The van der Waals surface area contributed by atoms with Gasteiger partial charge in [0.1, 0.15) is 23.3 Å². The molecule has 1 aliphatic heterocycles. The summed E-state index contributed by atoms with van der Waals surface area (Å²) in [4.78, 5) is 9.11. The van der Waals surface area contributed by atoms with Gasteiger partial charge in [-0.3, -0.25) is 0 Å². The quantitative estimate of drug-likeness (QED) is 0.135. The Morgan fingerprint density at radius 3 is 2.02 bits per heavy atom. The number of aromatic nitrogens is 2. The zero-order valence-corrected chi connectivity index (χ0v) is 38.8. The van der Waals surface area contributed by atoms with Crippen molar-refractivity contribution in [2.45, 2.75) is 79.1 Å². The van der Waals surface area contributed by atoms with Crippen molar-refractivity contribution in [3.05, 3.63) is 174 Å². The molecule has 63 heavy (non-hydrogen) atoms. The predicted molar refractivity (Wildman–Crippen MR) is 246 cm³/mol. The van der Waals surface area contributed by atoms with Crippen LogP contribution in [0.25, 0.3) is 38.8 Å². The van der Waals surface area contributed by atoms with Crippen LogP contribution in [0.2, 0.25) is 0 Å². The van der Waals surface area contributed by atoms with Crippen molar-refractivity contribution in [1.82, 2.24) is 9.55 Å². The number of rotatable bonds is 9. The van der Waals surface area contributed by atoms with Gasteiger partial charge in [0.05, 0.1) is 5.56 Å². The smallest absolute Gasteiger partial charge is 0.136 e. The second kappa shape index (κ2) is 17.0. The summed E-state index contributed by atoms with van der Waals surface area (Å²) >= 11 is 0. The van der Waals surface area contributed by atoms with Gasteiger partial charge in [-0.25, -0.2) is 18.2 Å². The topological polar surface area (TPSA) is 33.5 Å². The van der Waals surface area contributed by atoms with E-state index in [0.717, 1.165) is 85.6 Å². The van der Waals surface area contributed by atoms with E-state index in [1.165, 1.54) is 5.56 Å². The van der Waals surface area contributed by atoms with Crippen LogP contribution < -0.4 is 14.5 Å². The third-order valence-corrected chi connectivity index (χ3v) is 11.8. The maximum Gasteiger partial charge on any atom is 0.136 e. The van der Waals surface area contributed by atoms with Gasteiger partial charge in [-0.1, -0.05) is 97.7 Å². The summed E-state index contributed by atoms with van der Waals surface area (Å²) in [6.07, 6.45) is 2.63. The maximum absolute atomic E-state index is 15.3. The minimum Gasteiger partial charge on any atom is -0.509 e. The van der Waals surface area contributed by atoms with Gasteiger partial charge in [-0.2, -0.15) is 11.6 Å². The SMILES string of the molecule is CCc1cc(Oc2[c-]c3c(cc2)c2ccccc2n3-c2cc(C(C)(C)C)ccn2)[c-]c(N2[CH-]N(c3c(C(C)C)cc(-c4c(F)cc(F)cc4F)cc3C(C)C)c3ccccc32)c1.[Pt]. The largest absolute Gasteiger partial charge is 0.509 e. The Morgan fingerprint density at radius 2 is 1.37 bits per heavy atom. The van der Waals surface area contributed by atoms with E-state index >= 15 is 8.78 Å². The van der Waals surface area contributed by atoms with E-state index < -0.39 is 17.5 Å². The predicted octanol–water partition coefficient (Wildman–Crippen LogP) is 15.2. The summed E-state index contributed by atoms with van der Waals surface area (Å²) in [5, 5.41) is 2.15. The van der Waals surface area contributed by atoms with Crippen LogP contribution >= 0.6 is 0 Å². The van der Waals surface area contributed by atoms with Gasteiger partial charge >= 0.3 is 0 Å². The molecule has 0 aliphatic carbocycles. The van der Waals surface area contributed by atoms with Gasteiger partial charge in [0.2, 0.25) is 0 Å². The van der Waals surface area contributed by atoms with Gasteiger partial charge in [-0.15, -0.1) is 48.1 Å². The molecule has 324 valence electrons. The Balaban J connectivity index is 0.00000544. The molecule has 0 N–H and O–H groups in total. The average Bonchev–Trinajstić information content (AvgIpc) is 3.78. The fraction of sp³-hybridized carbons (Fsp3) is 0.222. The first-order valence-electron chi connectivity index (χ1n) is 21.2. The molecule has 0 amide bonds. The van der Waals surface area contributed by atoms with Crippen molar-refractivity contribution in [2.24, 2.45) is 0 Å². The van der Waals surface area contributed by atoms with Crippen LogP contribution in [0.1, 0.15) is 89.5 Å². The third kappa shape index (κ3) is 8.03. The van der Waals surface area contributed by atoms with Gasteiger partial charge in [0.25, 0.3) is 0 Å². The van der Waals surface area contributed by atoms with Crippen LogP contribution in [0.5, 0.6) is 11.5 Å². The Kier molecular flexibility index (Phi) is 11.8. The van der Waals surface area contributed by atoms with Gasteiger partial charge in [-0.05, 0) is 87.4 Å². The first-order valence-corrected chi connectivity index (χ1v) is 21.2. The zero-order valence-electron chi connectivity index (χ0n) is 36.6. The molecule has 0 unspecified atom stereocenters. The van der Waals surface area contributed by atoms with Crippen molar-refractivity contribution >= 4 is 44.6 Å². The zero-order chi connectivity index (χ0) is 43.6. The van der Waals surface area contributed by atoms with Crippen LogP contribution in [0.4, 0.5) is 35.9 Å². The van der Waals surface area contributed by atoms with Crippen LogP contribution in [0.3, 0.4) is 0 Å². The number of hydrogen-bond donors (Lipinski definition) is 0. The molecule has 0 saturated carbocycles. The van der Waals surface area contributed by atoms with Crippen molar-refractivity contribution in [1.29, 1.82) is 0 Å². The molecular weight excluding hydrogens is 973 g/mol. The van der Waals surface area contributed by atoms with Crippen LogP contribution in [0, 0.1) is 36.3 Å². The molecule has 0 atom stereocenters. The first-order chi connectivity index (χ1) is 29.7. The number of benzene rings is 6. The maximum atomic E-state index is 15.3. The Morgan fingerprint density at radius 1 is 0.714 bits per heavy atom. The molecule has 0 spiro atoms. The van der Waals surface area contributed by atoms with E-state index in [-0.39, 0.29) is 43.9 Å². The monoisotopic (exact) mass is 1020 g/mol. The summed E-state index contributed by atoms with van der Waals surface area (Å²) in [7, 11) is 0. The molecule has 3 heterocycles. The van der Waals surface area contributed by atoms with Gasteiger partial charge in [0.15, 0.2) is 0 Å². The van der Waals surface area contributed by atoms with Crippen LogP contribution in [-0.2, 0) is 32.9 Å². The second-order valence-electron chi connectivity index (χ2n) is 17.7. The number of para-hydroxylation sites is 3. The number of nitrogens with zero attached hydrogens (tertiary/aromatic N) is 4. The summed E-state index contributed by atoms with van der Waals surface area (Å²) < 4.78 is 53.4. The first kappa shape index (κ1) is 43.8. The van der Waals surface area contributed by atoms with E-state index in [1.54, 1.807) is 0 Å². The fourth-order valence-corrected chi connectivity index (χ4v) is 8.55. The fourth-order valence-electron chi connectivity index (χ4n) is 8.55. The van der Waals surface area contributed by atoms with Crippen LogP contribution in [0.15, 0.2) is 115 Å². The molecule has 6 aromatic carbocycles. The third-order valence-electron chi connectivity index (χ3n) is 11.8. The number of fused-ring (bicyclic) bond motifs is 4. The van der Waals surface area contributed by atoms with E-state index in [9.17, 15) is 4.39 Å². The minimum absolute atomic E-state index is 0. The number of anilines is 4.